The van der Waals surface area contributed by atoms with Gasteiger partial charge in [-0.05, 0) is 82.9 Å². The topological polar surface area (TPSA) is 87.3 Å². The Hall–Kier alpha value is -6.39. The van der Waals surface area contributed by atoms with Crippen LogP contribution in [-0.2, 0) is 15.8 Å². The average Bonchev–Trinajstić information content (AvgIpc) is 3.18. The first-order chi connectivity index (χ1) is 25.6. The molecule has 3 N–H and O–H groups in total. The maximum atomic E-state index is 13.6. The third-order valence-electron chi connectivity index (χ3n) is 8.02. The van der Waals surface area contributed by atoms with E-state index in [1.807, 2.05) is 54.6 Å². The average molecular weight is 728 g/mol. The number of carbonyl (C=O) groups excluding carboxylic acids is 3. The van der Waals surface area contributed by atoms with Crippen molar-refractivity contribution in [3.05, 3.63) is 192 Å². The van der Waals surface area contributed by atoms with Crippen LogP contribution < -0.4 is 16.0 Å². The van der Waals surface area contributed by atoms with Crippen LogP contribution in [0.4, 0.5) is 24.5 Å². The minimum Gasteiger partial charge on any atom is -0.325 e. The molecule has 0 spiro atoms. The quantitative estimate of drug-likeness (QED) is 0.0916. The minimum atomic E-state index is -4.55. The van der Waals surface area contributed by atoms with Crippen LogP contribution in [0.3, 0.4) is 0 Å². The first-order valence-corrected chi connectivity index (χ1v) is 17.3. The maximum Gasteiger partial charge on any atom is 0.416 e. The number of halogens is 3. The first kappa shape index (κ1) is 36.4. The number of carbonyl (C=O) groups is 3. The molecule has 1 atom stereocenters. The van der Waals surface area contributed by atoms with Crippen molar-refractivity contribution in [2.24, 2.45) is 0 Å². The summed E-state index contributed by atoms with van der Waals surface area (Å²) < 4.78 is 39.9. The highest BCUT2D eigenvalue weighted by molar-refractivity contribution is 8.00. The van der Waals surface area contributed by atoms with Crippen LogP contribution in [0, 0.1) is 0 Å². The first-order valence-electron chi connectivity index (χ1n) is 16.5. The molecule has 0 aliphatic carbocycles. The zero-order chi connectivity index (χ0) is 37.2. The Bertz CT molecular complexity index is 2210. The van der Waals surface area contributed by atoms with Gasteiger partial charge in [0, 0.05) is 21.8 Å². The van der Waals surface area contributed by atoms with E-state index in [0.717, 1.165) is 23.3 Å². The Morgan fingerprint density at radius 2 is 1.21 bits per heavy atom. The van der Waals surface area contributed by atoms with Gasteiger partial charge in [-0.3, -0.25) is 14.4 Å². The molecule has 6 aromatic carbocycles. The molecular formula is C43H32F3N3O3S. The van der Waals surface area contributed by atoms with Gasteiger partial charge in [-0.15, -0.1) is 11.8 Å². The van der Waals surface area contributed by atoms with Crippen LogP contribution in [0.2, 0.25) is 0 Å². The van der Waals surface area contributed by atoms with Crippen molar-refractivity contribution in [1.82, 2.24) is 5.32 Å². The number of thioether (sulfide) groups is 1. The molecule has 10 heteroatoms. The standard InChI is InChI=1S/C43H32F3N3O3S/c44-43(45,46)34-17-10-18-36(28-34)48-42(52)39(32-13-6-2-7-14-32)53-37-25-23-35(24-26-37)47-41(51)38(49-40(50)33-15-8-3-9-16-33)27-29-19-21-31(22-20-29)30-11-4-1-5-12-30/h1-28,39H,(H,47,51)(H,48,52)(H,49,50)/b38-27-. The summed E-state index contributed by atoms with van der Waals surface area (Å²) in [5.74, 6) is -1.50. The predicted molar refractivity (Wildman–Crippen MR) is 204 cm³/mol. The summed E-state index contributed by atoms with van der Waals surface area (Å²) in [4.78, 5) is 40.9. The highest BCUT2D eigenvalue weighted by Crippen LogP contribution is 2.37. The van der Waals surface area contributed by atoms with Gasteiger partial charge in [-0.2, -0.15) is 13.2 Å². The van der Waals surface area contributed by atoms with E-state index < -0.39 is 34.7 Å². The molecule has 6 rings (SSSR count). The van der Waals surface area contributed by atoms with Gasteiger partial charge in [-0.25, -0.2) is 0 Å². The molecule has 0 fully saturated rings. The Labute approximate surface area is 308 Å². The lowest BCUT2D eigenvalue weighted by molar-refractivity contribution is -0.137. The normalized spacial score (nSPS) is 12.0. The molecule has 264 valence electrons. The fraction of sp³-hybridized carbons (Fsp3) is 0.0465. The number of hydrogen-bond donors (Lipinski definition) is 3. The number of hydrogen-bond acceptors (Lipinski definition) is 4. The van der Waals surface area contributed by atoms with Crippen molar-refractivity contribution >= 4 is 46.9 Å². The molecule has 0 radical (unpaired) electrons. The summed E-state index contributed by atoms with van der Waals surface area (Å²) in [6.45, 7) is 0. The fourth-order valence-corrected chi connectivity index (χ4v) is 6.37. The van der Waals surface area contributed by atoms with Gasteiger partial charge < -0.3 is 16.0 Å². The molecule has 6 nitrogen and oxygen atoms in total. The van der Waals surface area contributed by atoms with E-state index >= 15 is 0 Å². The molecule has 0 bridgehead atoms. The number of anilines is 2. The van der Waals surface area contributed by atoms with Crippen LogP contribution in [0.25, 0.3) is 17.2 Å². The Balaban J connectivity index is 1.19. The largest absolute Gasteiger partial charge is 0.416 e. The zero-order valence-corrected chi connectivity index (χ0v) is 28.8. The number of rotatable bonds is 11. The van der Waals surface area contributed by atoms with Crippen molar-refractivity contribution in [2.45, 2.75) is 16.3 Å². The lowest BCUT2D eigenvalue weighted by Gasteiger charge is -2.18. The molecule has 0 aliphatic rings. The van der Waals surface area contributed by atoms with Gasteiger partial charge in [0.25, 0.3) is 11.8 Å². The molecule has 0 aromatic heterocycles. The third kappa shape index (κ3) is 9.90. The summed E-state index contributed by atoms with van der Waals surface area (Å²) in [6.07, 6.45) is -2.95. The van der Waals surface area contributed by atoms with E-state index in [1.165, 1.54) is 23.9 Å². The molecule has 3 amide bonds. The molecule has 0 saturated carbocycles. The van der Waals surface area contributed by atoms with Gasteiger partial charge >= 0.3 is 6.18 Å². The molecular weight excluding hydrogens is 696 g/mol. The minimum absolute atomic E-state index is 0.0276. The van der Waals surface area contributed by atoms with Crippen LogP contribution >= 0.6 is 11.8 Å². The number of amides is 3. The molecule has 0 aliphatic heterocycles. The second-order valence-electron chi connectivity index (χ2n) is 11.8. The van der Waals surface area contributed by atoms with Gasteiger partial charge in [-0.1, -0.05) is 109 Å². The van der Waals surface area contributed by atoms with E-state index in [0.29, 0.717) is 27.3 Å². The van der Waals surface area contributed by atoms with Gasteiger partial charge in [0.15, 0.2) is 0 Å². The van der Waals surface area contributed by atoms with Crippen molar-refractivity contribution in [1.29, 1.82) is 0 Å². The summed E-state index contributed by atoms with van der Waals surface area (Å²) in [5, 5.41) is 7.41. The summed E-state index contributed by atoms with van der Waals surface area (Å²) in [5.41, 5.74) is 3.41. The van der Waals surface area contributed by atoms with E-state index in [4.69, 9.17) is 0 Å². The summed E-state index contributed by atoms with van der Waals surface area (Å²) in [6, 6.07) is 46.2. The van der Waals surface area contributed by atoms with Crippen molar-refractivity contribution in [3.63, 3.8) is 0 Å². The monoisotopic (exact) mass is 727 g/mol. The smallest absolute Gasteiger partial charge is 0.325 e. The van der Waals surface area contributed by atoms with E-state index in [2.05, 4.69) is 16.0 Å². The molecule has 53 heavy (non-hydrogen) atoms. The molecule has 1 unspecified atom stereocenters. The second kappa shape index (κ2) is 16.8. The molecule has 6 aromatic rings. The number of alkyl halides is 3. The lowest BCUT2D eigenvalue weighted by Crippen LogP contribution is -2.30. The highest BCUT2D eigenvalue weighted by atomic mass is 32.2. The summed E-state index contributed by atoms with van der Waals surface area (Å²) >= 11 is 1.20. The van der Waals surface area contributed by atoms with E-state index in [9.17, 15) is 27.6 Å². The Morgan fingerprint density at radius 3 is 1.85 bits per heavy atom. The molecule has 0 heterocycles. The van der Waals surface area contributed by atoms with Crippen LogP contribution in [0.15, 0.2) is 174 Å². The van der Waals surface area contributed by atoms with Gasteiger partial charge in [0.2, 0.25) is 5.91 Å². The van der Waals surface area contributed by atoms with Gasteiger partial charge in [0.05, 0.1) is 5.56 Å². The second-order valence-corrected chi connectivity index (χ2v) is 13.0. The zero-order valence-electron chi connectivity index (χ0n) is 28.0. The Kier molecular flexibility index (Phi) is 11.5. The van der Waals surface area contributed by atoms with E-state index in [1.54, 1.807) is 91.0 Å². The SMILES string of the molecule is O=C(Nc1ccc(SC(C(=O)Nc2cccc(C(F)(F)F)c2)c2ccccc2)cc1)/C(=C/c1ccc(-c2ccccc2)cc1)NC(=O)c1ccccc1. The van der Waals surface area contributed by atoms with Gasteiger partial charge in [0.1, 0.15) is 10.9 Å². The Morgan fingerprint density at radius 1 is 0.604 bits per heavy atom. The van der Waals surface area contributed by atoms with Crippen LogP contribution in [0.1, 0.15) is 32.3 Å². The van der Waals surface area contributed by atoms with Crippen molar-refractivity contribution in [2.75, 3.05) is 10.6 Å². The fourth-order valence-electron chi connectivity index (χ4n) is 5.34. The molecule has 0 saturated heterocycles. The van der Waals surface area contributed by atoms with Crippen LogP contribution in [0.5, 0.6) is 0 Å². The van der Waals surface area contributed by atoms with Crippen molar-refractivity contribution < 1.29 is 27.6 Å². The number of nitrogens with one attached hydrogen (secondary N) is 3. The highest BCUT2D eigenvalue weighted by Gasteiger charge is 2.31. The van der Waals surface area contributed by atoms with Crippen LogP contribution in [-0.4, -0.2) is 17.7 Å². The third-order valence-corrected chi connectivity index (χ3v) is 9.29. The van der Waals surface area contributed by atoms with E-state index in [-0.39, 0.29) is 11.4 Å². The lowest BCUT2D eigenvalue weighted by atomic mass is 10.0. The summed E-state index contributed by atoms with van der Waals surface area (Å²) in [7, 11) is 0. The maximum absolute atomic E-state index is 13.6. The predicted octanol–water partition coefficient (Wildman–Crippen LogP) is 10.3. The van der Waals surface area contributed by atoms with Crippen molar-refractivity contribution in [3.8, 4) is 11.1 Å². The number of benzene rings is 6.